The summed E-state index contributed by atoms with van der Waals surface area (Å²) in [5.74, 6) is 5.13. The molecule has 2 aromatic heterocycles. The zero-order chi connectivity index (χ0) is 23.0. The van der Waals surface area contributed by atoms with Gasteiger partial charge in [-0.15, -0.1) is 0 Å². The minimum atomic E-state index is -0.735. The number of unbranched alkanes of at least 4 members (excludes halogenated alkanes) is 3. The number of anilines is 2. The zero-order valence-electron chi connectivity index (χ0n) is 18.0. The van der Waals surface area contributed by atoms with Gasteiger partial charge >= 0.3 is 5.97 Å². The van der Waals surface area contributed by atoms with E-state index in [0.717, 1.165) is 48.8 Å². The Kier molecular flexibility index (Phi) is 11.2. The molecule has 2 heterocycles. The Morgan fingerprint density at radius 1 is 0.875 bits per heavy atom. The molecule has 0 aliphatic carbocycles. The molecule has 0 spiro atoms. The topological polar surface area (TPSA) is 122 Å². The Balaban J connectivity index is 0.00000176. The minimum absolute atomic E-state index is 0.228. The van der Waals surface area contributed by atoms with Gasteiger partial charge in [0.05, 0.1) is 0 Å². The van der Waals surface area contributed by atoms with E-state index in [9.17, 15) is 4.79 Å². The first kappa shape index (κ1) is 24.8. The van der Waals surface area contributed by atoms with Gasteiger partial charge in [-0.2, -0.15) is 0 Å². The van der Waals surface area contributed by atoms with Crippen LogP contribution in [0.1, 0.15) is 37.7 Å². The molecule has 0 saturated carbocycles. The second-order valence-corrected chi connectivity index (χ2v) is 7.02. The van der Waals surface area contributed by atoms with Gasteiger partial charge in [0, 0.05) is 31.4 Å². The zero-order valence-corrected chi connectivity index (χ0v) is 18.0. The number of hydrogen-bond acceptors (Lipinski definition) is 7. The number of aromatic nitrogens is 2. The fourth-order valence-electron chi connectivity index (χ4n) is 3.14. The third kappa shape index (κ3) is 8.71. The molecule has 0 aliphatic rings. The molecule has 3 aromatic rings. The highest BCUT2D eigenvalue weighted by molar-refractivity contribution is 5.66. The van der Waals surface area contributed by atoms with Gasteiger partial charge in [0.25, 0.3) is 0 Å². The third-order valence-electron chi connectivity index (χ3n) is 4.69. The summed E-state index contributed by atoms with van der Waals surface area (Å²) in [5.41, 5.74) is 1.11. The molecular formula is C24H30N4O4. The molecule has 4 N–H and O–H groups in total. The van der Waals surface area contributed by atoms with Crippen LogP contribution in [0.4, 0.5) is 11.6 Å². The van der Waals surface area contributed by atoms with Crippen molar-refractivity contribution < 1.29 is 19.8 Å². The molecule has 0 aliphatic heterocycles. The van der Waals surface area contributed by atoms with Crippen molar-refractivity contribution in [2.24, 2.45) is 5.90 Å². The Morgan fingerprint density at radius 3 is 2.31 bits per heavy atom. The third-order valence-corrected chi connectivity index (χ3v) is 4.69. The molecule has 0 fully saturated rings. The normalized spacial score (nSPS) is 10.1. The molecule has 170 valence electrons. The molecular weight excluding hydrogens is 408 g/mol. The maximum Gasteiger partial charge on any atom is 0.303 e. The second kappa shape index (κ2) is 14.5. The monoisotopic (exact) mass is 438 g/mol. The van der Waals surface area contributed by atoms with Crippen molar-refractivity contribution in [2.75, 3.05) is 11.4 Å². The van der Waals surface area contributed by atoms with Gasteiger partial charge in [0.2, 0.25) is 0 Å². The van der Waals surface area contributed by atoms with Crippen LogP contribution in [-0.2, 0) is 11.4 Å². The largest absolute Gasteiger partial charge is 0.489 e. The smallest absolute Gasteiger partial charge is 0.303 e. The van der Waals surface area contributed by atoms with E-state index in [1.54, 1.807) is 12.4 Å². The van der Waals surface area contributed by atoms with Crippen LogP contribution < -0.4 is 15.5 Å². The lowest BCUT2D eigenvalue weighted by atomic mass is 10.1. The second-order valence-electron chi connectivity index (χ2n) is 7.02. The van der Waals surface area contributed by atoms with E-state index in [4.69, 9.17) is 15.1 Å². The number of hydrogen-bond donors (Lipinski definition) is 3. The Morgan fingerprint density at radius 2 is 1.59 bits per heavy atom. The molecule has 0 atom stereocenters. The molecule has 8 heteroatoms. The van der Waals surface area contributed by atoms with E-state index in [2.05, 4.69) is 20.8 Å². The standard InChI is InChI=1S/C24H27N3O3.H3NO/c28-24(29)13-6-1-2-9-17-27(22-12-7-8-15-25-22)23-18-21(14-16-26-23)30-19-20-10-4-3-5-11-20;1-2/h3-5,7-8,10-12,14-16,18H,1-2,6,9,13,17,19H2,(H,28,29);2H,1H2. The average Bonchev–Trinajstić information content (AvgIpc) is 2.85. The van der Waals surface area contributed by atoms with Gasteiger partial charge < -0.3 is 20.0 Å². The molecule has 32 heavy (non-hydrogen) atoms. The number of benzene rings is 1. The Labute approximate surface area is 188 Å². The number of aliphatic carboxylic acids is 1. The summed E-state index contributed by atoms with van der Waals surface area (Å²) >= 11 is 0. The first-order chi connectivity index (χ1) is 15.7. The number of ether oxygens (including phenoxy) is 1. The van der Waals surface area contributed by atoms with Gasteiger partial charge in [-0.05, 0) is 36.6 Å². The van der Waals surface area contributed by atoms with Gasteiger partial charge in [-0.25, -0.2) is 15.9 Å². The number of nitrogens with two attached hydrogens (primary N) is 1. The van der Waals surface area contributed by atoms with Crippen LogP contribution in [0.5, 0.6) is 5.75 Å². The van der Waals surface area contributed by atoms with E-state index in [1.165, 1.54) is 0 Å². The lowest BCUT2D eigenvalue weighted by Crippen LogP contribution is -2.20. The van der Waals surface area contributed by atoms with Crippen LogP contribution >= 0.6 is 0 Å². The lowest BCUT2D eigenvalue weighted by Gasteiger charge is -2.23. The maximum absolute atomic E-state index is 10.6. The van der Waals surface area contributed by atoms with Crippen LogP contribution in [0.15, 0.2) is 73.1 Å². The van der Waals surface area contributed by atoms with Crippen molar-refractivity contribution >= 4 is 17.6 Å². The molecule has 1 aromatic carbocycles. The summed E-state index contributed by atoms with van der Waals surface area (Å²) in [6.45, 7) is 1.25. The van der Waals surface area contributed by atoms with E-state index in [1.807, 2.05) is 60.7 Å². The summed E-state index contributed by atoms with van der Waals surface area (Å²) in [4.78, 5) is 21.7. The van der Waals surface area contributed by atoms with Gasteiger partial charge in [-0.3, -0.25) is 4.79 Å². The highest BCUT2D eigenvalue weighted by atomic mass is 16.5. The van der Waals surface area contributed by atoms with Crippen LogP contribution in [0.3, 0.4) is 0 Å². The Bertz CT molecular complexity index is 910. The van der Waals surface area contributed by atoms with Crippen LogP contribution in [-0.4, -0.2) is 32.8 Å². The fraction of sp³-hybridized carbons (Fsp3) is 0.292. The average molecular weight is 439 g/mol. The number of pyridine rings is 2. The molecule has 8 nitrogen and oxygen atoms in total. The molecule has 3 rings (SSSR count). The number of carboxylic acids is 1. The summed E-state index contributed by atoms with van der Waals surface area (Å²) in [5, 5.41) is 15.3. The van der Waals surface area contributed by atoms with E-state index in [0.29, 0.717) is 13.0 Å². The van der Waals surface area contributed by atoms with Crippen molar-refractivity contribution in [3.05, 3.63) is 78.6 Å². The summed E-state index contributed by atoms with van der Waals surface area (Å²) < 4.78 is 5.96. The van der Waals surface area contributed by atoms with Gasteiger partial charge in [0.15, 0.2) is 0 Å². The van der Waals surface area contributed by atoms with Crippen molar-refractivity contribution in [2.45, 2.75) is 38.7 Å². The number of carbonyl (C=O) groups is 1. The maximum atomic E-state index is 10.6. The van der Waals surface area contributed by atoms with Crippen molar-refractivity contribution in [3.8, 4) is 5.75 Å². The van der Waals surface area contributed by atoms with Crippen molar-refractivity contribution in [3.63, 3.8) is 0 Å². The fourth-order valence-corrected chi connectivity index (χ4v) is 3.14. The number of carboxylic acid groups (broad SMARTS) is 1. The van der Waals surface area contributed by atoms with Crippen LogP contribution in [0, 0.1) is 0 Å². The molecule has 0 saturated heterocycles. The van der Waals surface area contributed by atoms with Crippen molar-refractivity contribution in [1.82, 2.24) is 9.97 Å². The molecule has 0 radical (unpaired) electrons. The van der Waals surface area contributed by atoms with Crippen molar-refractivity contribution in [1.29, 1.82) is 0 Å². The summed E-state index contributed by atoms with van der Waals surface area (Å²) in [7, 11) is 0. The van der Waals surface area contributed by atoms with E-state index >= 15 is 0 Å². The van der Waals surface area contributed by atoms with Crippen LogP contribution in [0.25, 0.3) is 0 Å². The SMILES string of the molecule is NO.O=C(O)CCCCCCN(c1ccccn1)c1cc(OCc2ccccc2)ccn1. The number of rotatable bonds is 12. The predicted octanol–water partition coefficient (Wildman–Crippen LogP) is 4.56. The van der Waals surface area contributed by atoms with E-state index in [-0.39, 0.29) is 6.42 Å². The molecule has 0 bridgehead atoms. The highest BCUT2D eigenvalue weighted by Gasteiger charge is 2.13. The highest BCUT2D eigenvalue weighted by Crippen LogP contribution is 2.26. The number of nitrogens with zero attached hydrogens (tertiary/aromatic N) is 3. The lowest BCUT2D eigenvalue weighted by molar-refractivity contribution is -0.137. The molecule has 0 unspecified atom stereocenters. The van der Waals surface area contributed by atoms with Gasteiger partial charge in [0.1, 0.15) is 24.0 Å². The molecule has 0 amide bonds. The van der Waals surface area contributed by atoms with E-state index < -0.39 is 5.97 Å². The first-order valence-corrected chi connectivity index (χ1v) is 10.5. The minimum Gasteiger partial charge on any atom is -0.489 e. The van der Waals surface area contributed by atoms with Gasteiger partial charge in [-0.1, -0.05) is 49.2 Å². The van der Waals surface area contributed by atoms with Crippen LogP contribution in [0.2, 0.25) is 0 Å². The predicted molar refractivity (Wildman–Crippen MR) is 123 cm³/mol. The Hall–Kier alpha value is -3.49. The summed E-state index contributed by atoms with van der Waals surface area (Å²) in [6.07, 6.45) is 7.24. The quantitative estimate of drug-likeness (QED) is 0.278. The summed E-state index contributed by atoms with van der Waals surface area (Å²) in [6, 6.07) is 19.6. The first-order valence-electron chi connectivity index (χ1n) is 10.5.